The highest BCUT2D eigenvalue weighted by atomic mass is 16.5. The van der Waals surface area contributed by atoms with Crippen LogP contribution in [0.1, 0.15) is 42.5 Å². The molecule has 194 valence electrons. The average molecular weight is 501 g/mol. The smallest absolute Gasteiger partial charge is 0.254 e. The standard InChI is InChI=1S/C29H36N6O2/c1-30-12-8-19-9-13-34(14-10-19)29(36)22-15-23-26(25(17-22)37-3)33(2)28(32-23)24-16-21-5-4-11-31-27(21)35(24)18-20-6-7-20/h4-5,11,15-17,19-20,30H,6-10,12-14,18H2,1-3H3. The van der Waals surface area contributed by atoms with Crippen LogP contribution in [0, 0.1) is 11.8 Å². The molecule has 1 N–H and O–H groups in total. The van der Waals surface area contributed by atoms with Gasteiger partial charge in [-0.05, 0) is 87.9 Å². The van der Waals surface area contributed by atoms with Gasteiger partial charge in [-0.15, -0.1) is 0 Å². The molecule has 0 bridgehead atoms. The quantitative estimate of drug-likeness (QED) is 0.386. The number of aryl methyl sites for hydroxylation is 1. The number of nitrogens with zero attached hydrogens (tertiary/aromatic N) is 5. The van der Waals surface area contributed by atoms with Crippen molar-refractivity contribution in [1.82, 2.24) is 29.3 Å². The van der Waals surface area contributed by atoms with E-state index in [9.17, 15) is 4.79 Å². The predicted molar refractivity (Wildman–Crippen MR) is 146 cm³/mol. The molecule has 1 aliphatic carbocycles. The SMILES string of the molecule is CNCCC1CCN(C(=O)c2cc(OC)c3c(c2)nc(-c2cc4cccnc4n2CC2CC2)n3C)CC1. The zero-order valence-electron chi connectivity index (χ0n) is 22.0. The van der Waals surface area contributed by atoms with Crippen LogP contribution in [0.15, 0.2) is 36.5 Å². The number of piperidine rings is 1. The number of aromatic nitrogens is 4. The summed E-state index contributed by atoms with van der Waals surface area (Å²) in [6.07, 6.45) is 7.66. The fourth-order valence-corrected chi connectivity index (χ4v) is 5.79. The molecule has 37 heavy (non-hydrogen) atoms. The lowest BCUT2D eigenvalue weighted by Gasteiger charge is -2.32. The summed E-state index contributed by atoms with van der Waals surface area (Å²) in [4.78, 5) is 25.2. The predicted octanol–water partition coefficient (Wildman–Crippen LogP) is 4.47. The second-order valence-corrected chi connectivity index (χ2v) is 10.7. The van der Waals surface area contributed by atoms with Gasteiger partial charge in [0.1, 0.15) is 16.9 Å². The van der Waals surface area contributed by atoms with E-state index in [0.29, 0.717) is 23.1 Å². The van der Waals surface area contributed by atoms with Crippen LogP contribution >= 0.6 is 0 Å². The van der Waals surface area contributed by atoms with E-state index in [1.165, 1.54) is 19.3 Å². The van der Waals surface area contributed by atoms with Gasteiger partial charge in [-0.1, -0.05) is 0 Å². The summed E-state index contributed by atoms with van der Waals surface area (Å²) in [6, 6.07) is 10.1. The van der Waals surface area contributed by atoms with Crippen LogP contribution in [0.2, 0.25) is 0 Å². The molecule has 1 saturated carbocycles. The van der Waals surface area contributed by atoms with Crippen molar-refractivity contribution in [3.05, 3.63) is 42.1 Å². The van der Waals surface area contributed by atoms with E-state index in [1.54, 1.807) is 7.11 Å². The number of rotatable bonds is 8. The minimum absolute atomic E-state index is 0.0616. The molecule has 1 amide bonds. The number of ether oxygens (including phenoxy) is 1. The maximum absolute atomic E-state index is 13.5. The van der Waals surface area contributed by atoms with Crippen LogP contribution in [-0.4, -0.2) is 63.7 Å². The number of hydrogen-bond acceptors (Lipinski definition) is 5. The Balaban J connectivity index is 1.36. The molecule has 0 spiro atoms. The molecule has 4 aromatic rings. The van der Waals surface area contributed by atoms with Crippen molar-refractivity contribution in [3.63, 3.8) is 0 Å². The fourth-order valence-electron chi connectivity index (χ4n) is 5.79. The fraction of sp³-hybridized carbons (Fsp3) is 0.483. The summed E-state index contributed by atoms with van der Waals surface area (Å²) < 4.78 is 10.2. The van der Waals surface area contributed by atoms with Gasteiger partial charge in [0.05, 0.1) is 18.3 Å². The molecule has 2 aliphatic rings. The van der Waals surface area contributed by atoms with Gasteiger partial charge in [-0.2, -0.15) is 0 Å². The maximum atomic E-state index is 13.5. The van der Waals surface area contributed by atoms with Crippen LogP contribution in [0.5, 0.6) is 5.75 Å². The number of pyridine rings is 1. The highest BCUT2D eigenvalue weighted by Crippen LogP contribution is 2.37. The average Bonchev–Trinajstić information content (AvgIpc) is 3.60. The van der Waals surface area contributed by atoms with Crippen LogP contribution in [0.3, 0.4) is 0 Å². The molecule has 4 heterocycles. The van der Waals surface area contributed by atoms with Crippen LogP contribution in [-0.2, 0) is 13.6 Å². The van der Waals surface area contributed by atoms with Gasteiger partial charge in [0.2, 0.25) is 0 Å². The number of carbonyl (C=O) groups is 1. The Labute approximate surface area is 217 Å². The molecule has 1 aliphatic heterocycles. The topological polar surface area (TPSA) is 77.2 Å². The molecule has 8 heteroatoms. The zero-order valence-corrected chi connectivity index (χ0v) is 22.0. The summed E-state index contributed by atoms with van der Waals surface area (Å²) in [5.41, 5.74) is 4.37. The Morgan fingerprint density at radius 3 is 2.68 bits per heavy atom. The van der Waals surface area contributed by atoms with E-state index in [-0.39, 0.29) is 5.91 Å². The molecule has 8 nitrogen and oxygen atoms in total. The van der Waals surface area contributed by atoms with E-state index >= 15 is 0 Å². The minimum atomic E-state index is 0.0616. The molecule has 0 radical (unpaired) electrons. The minimum Gasteiger partial charge on any atom is -0.494 e. The number of likely N-dealkylation sites (tertiary alicyclic amines) is 1. The first kappa shape index (κ1) is 24.0. The first-order chi connectivity index (χ1) is 18.1. The van der Waals surface area contributed by atoms with Gasteiger partial charge < -0.3 is 24.1 Å². The van der Waals surface area contributed by atoms with E-state index in [1.807, 2.05) is 43.4 Å². The van der Waals surface area contributed by atoms with Crippen molar-refractivity contribution < 1.29 is 9.53 Å². The Morgan fingerprint density at radius 1 is 1.14 bits per heavy atom. The van der Waals surface area contributed by atoms with Gasteiger partial charge in [-0.3, -0.25) is 4.79 Å². The highest BCUT2D eigenvalue weighted by Gasteiger charge is 2.28. The summed E-state index contributed by atoms with van der Waals surface area (Å²) in [6.45, 7) is 3.58. The third-order valence-corrected chi connectivity index (χ3v) is 8.13. The summed E-state index contributed by atoms with van der Waals surface area (Å²) >= 11 is 0. The van der Waals surface area contributed by atoms with Crippen molar-refractivity contribution in [2.75, 3.05) is 33.8 Å². The van der Waals surface area contributed by atoms with Gasteiger partial charge in [0.15, 0.2) is 5.82 Å². The Hall–Kier alpha value is -3.39. The molecule has 0 atom stereocenters. The Bertz CT molecular complexity index is 1440. The lowest BCUT2D eigenvalue weighted by atomic mass is 9.93. The van der Waals surface area contributed by atoms with Gasteiger partial charge in [-0.25, -0.2) is 9.97 Å². The van der Waals surface area contributed by atoms with E-state index in [2.05, 4.69) is 31.6 Å². The van der Waals surface area contributed by atoms with Crippen LogP contribution < -0.4 is 10.1 Å². The number of hydrogen-bond donors (Lipinski definition) is 1. The maximum Gasteiger partial charge on any atom is 0.254 e. The number of benzene rings is 1. The molecular formula is C29H36N6O2. The molecule has 1 aromatic carbocycles. The third-order valence-electron chi connectivity index (χ3n) is 8.13. The second-order valence-electron chi connectivity index (χ2n) is 10.7. The molecule has 0 unspecified atom stereocenters. The van der Waals surface area contributed by atoms with E-state index < -0.39 is 0 Å². The van der Waals surface area contributed by atoms with Crippen molar-refractivity contribution in [2.45, 2.75) is 38.6 Å². The van der Waals surface area contributed by atoms with Crippen molar-refractivity contribution in [1.29, 1.82) is 0 Å². The number of carbonyl (C=O) groups excluding carboxylic acids is 1. The number of methoxy groups -OCH3 is 1. The van der Waals surface area contributed by atoms with Gasteiger partial charge in [0, 0.05) is 43.8 Å². The second kappa shape index (κ2) is 9.82. The Morgan fingerprint density at radius 2 is 1.95 bits per heavy atom. The van der Waals surface area contributed by atoms with Crippen LogP contribution in [0.25, 0.3) is 33.6 Å². The molecular weight excluding hydrogens is 464 g/mol. The van der Waals surface area contributed by atoms with Crippen molar-refractivity contribution in [2.24, 2.45) is 18.9 Å². The number of imidazole rings is 1. The number of nitrogens with one attached hydrogen (secondary N) is 1. The van der Waals surface area contributed by atoms with Gasteiger partial charge >= 0.3 is 0 Å². The van der Waals surface area contributed by atoms with Gasteiger partial charge in [0.25, 0.3) is 5.91 Å². The summed E-state index contributed by atoms with van der Waals surface area (Å²) in [7, 11) is 5.68. The van der Waals surface area contributed by atoms with Crippen molar-refractivity contribution in [3.8, 4) is 17.3 Å². The Kier molecular flexibility index (Phi) is 6.36. The lowest BCUT2D eigenvalue weighted by Crippen LogP contribution is -2.39. The summed E-state index contributed by atoms with van der Waals surface area (Å²) in [5, 5.41) is 4.35. The zero-order chi connectivity index (χ0) is 25.5. The van der Waals surface area contributed by atoms with E-state index in [0.717, 1.165) is 72.6 Å². The molecule has 6 rings (SSSR count). The summed E-state index contributed by atoms with van der Waals surface area (Å²) in [5.74, 6) is 2.98. The number of amides is 1. The first-order valence-electron chi connectivity index (χ1n) is 13.5. The largest absolute Gasteiger partial charge is 0.494 e. The molecule has 1 saturated heterocycles. The lowest BCUT2D eigenvalue weighted by molar-refractivity contribution is 0.0687. The molecule has 2 fully saturated rings. The third kappa shape index (κ3) is 4.48. The molecule has 3 aromatic heterocycles. The number of fused-ring (bicyclic) bond motifs is 2. The first-order valence-corrected chi connectivity index (χ1v) is 13.5. The highest BCUT2D eigenvalue weighted by molar-refractivity contribution is 6.00. The van der Waals surface area contributed by atoms with Crippen molar-refractivity contribution >= 4 is 28.0 Å². The monoisotopic (exact) mass is 500 g/mol. The normalized spacial score (nSPS) is 16.7. The van der Waals surface area contributed by atoms with E-state index in [4.69, 9.17) is 9.72 Å². The van der Waals surface area contributed by atoms with Crippen LogP contribution in [0.4, 0.5) is 0 Å².